The number of amides is 2. The number of rotatable bonds is 6. The lowest BCUT2D eigenvalue weighted by molar-refractivity contribution is 0.1000. The summed E-state index contributed by atoms with van der Waals surface area (Å²) in [5, 5.41) is 3.27. The van der Waals surface area contributed by atoms with Crippen LogP contribution >= 0.6 is 11.3 Å². The number of carbonyl (C=O) groups excluding carboxylic acids is 2. The number of hydrogen-bond donors (Lipinski definition) is 2. The monoisotopic (exact) mass is 490 g/mol. The lowest BCUT2D eigenvalue weighted by atomic mass is 10.0. The lowest BCUT2D eigenvalue weighted by Gasteiger charge is -2.34. The molecule has 2 aromatic rings. The van der Waals surface area contributed by atoms with Gasteiger partial charge >= 0.3 is 0 Å². The zero-order chi connectivity index (χ0) is 23.8. The minimum atomic E-state index is -3.61. The van der Waals surface area contributed by atoms with Crippen LogP contribution in [0.3, 0.4) is 0 Å². The van der Waals surface area contributed by atoms with E-state index in [9.17, 15) is 18.0 Å². The van der Waals surface area contributed by atoms with Crippen molar-refractivity contribution in [3.63, 3.8) is 0 Å². The number of sulfonamides is 1. The molecule has 3 heterocycles. The van der Waals surface area contributed by atoms with Gasteiger partial charge in [-0.05, 0) is 62.6 Å². The summed E-state index contributed by atoms with van der Waals surface area (Å²) in [5.41, 5.74) is 7.24. The Morgan fingerprint density at radius 3 is 2.58 bits per heavy atom. The third kappa shape index (κ3) is 4.70. The van der Waals surface area contributed by atoms with Crippen molar-refractivity contribution < 1.29 is 18.0 Å². The number of thiophene rings is 1. The van der Waals surface area contributed by atoms with Crippen LogP contribution in [0.25, 0.3) is 0 Å². The third-order valence-electron chi connectivity index (χ3n) is 6.49. The number of nitrogens with zero attached hydrogens (tertiary/aromatic N) is 2. The molecule has 2 aliphatic heterocycles. The Labute approximate surface area is 198 Å². The lowest BCUT2D eigenvalue weighted by Crippen LogP contribution is -2.43. The summed E-state index contributed by atoms with van der Waals surface area (Å²) >= 11 is 1.37. The molecule has 2 aliphatic rings. The van der Waals surface area contributed by atoms with Crippen LogP contribution in [0.4, 0.5) is 5.00 Å². The molecule has 3 N–H and O–H groups in total. The van der Waals surface area contributed by atoms with Crippen molar-refractivity contribution in [2.45, 2.75) is 56.5 Å². The Morgan fingerprint density at radius 2 is 1.91 bits per heavy atom. The van der Waals surface area contributed by atoms with Crippen molar-refractivity contribution in [3.05, 3.63) is 45.8 Å². The predicted octanol–water partition coefficient (Wildman–Crippen LogP) is 3.04. The fraction of sp³-hybridized carbons (Fsp3) is 0.478. The molecule has 8 nitrogen and oxygen atoms in total. The molecule has 4 rings (SSSR count). The second-order valence-electron chi connectivity index (χ2n) is 8.71. The van der Waals surface area contributed by atoms with Crippen LogP contribution in [0.15, 0.2) is 29.2 Å². The van der Waals surface area contributed by atoms with E-state index >= 15 is 0 Å². The summed E-state index contributed by atoms with van der Waals surface area (Å²) in [6.07, 6.45) is 4.26. The molecule has 0 bridgehead atoms. The zero-order valence-corrected chi connectivity index (χ0v) is 20.6. The van der Waals surface area contributed by atoms with Gasteiger partial charge in [0.25, 0.3) is 11.8 Å². The molecule has 1 fully saturated rings. The van der Waals surface area contributed by atoms with E-state index in [2.05, 4.69) is 10.2 Å². The van der Waals surface area contributed by atoms with E-state index in [4.69, 9.17) is 5.73 Å². The van der Waals surface area contributed by atoms with Crippen LogP contribution < -0.4 is 11.1 Å². The standard InChI is InChI=1S/C23H30N4O4S2/c1-3-16-6-4-5-12-27(16)33(30,31)17-9-7-15(8-10-17)22(29)25-23-20(21(24)28)18-11-13-26(2)14-19(18)32-23/h7-10,16H,3-6,11-14H2,1-2H3,(H2,24,28)(H,25,29). The number of hydrogen-bond acceptors (Lipinski definition) is 6. The first-order chi connectivity index (χ1) is 15.7. The summed E-state index contributed by atoms with van der Waals surface area (Å²) in [4.78, 5) is 28.4. The van der Waals surface area contributed by atoms with Gasteiger partial charge in [0.15, 0.2) is 0 Å². The first-order valence-electron chi connectivity index (χ1n) is 11.3. The minimum Gasteiger partial charge on any atom is -0.365 e. The number of nitrogens with one attached hydrogen (secondary N) is 1. The van der Waals surface area contributed by atoms with Gasteiger partial charge in [-0.3, -0.25) is 9.59 Å². The molecule has 0 radical (unpaired) electrons. The van der Waals surface area contributed by atoms with Crippen LogP contribution in [0.2, 0.25) is 0 Å². The van der Waals surface area contributed by atoms with E-state index in [1.807, 2.05) is 14.0 Å². The predicted molar refractivity (Wildman–Crippen MR) is 129 cm³/mol. The molecule has 2 amide bonds. The smallest absolute Gasteiger partial charge is 0.256 e. The fourth-order valence-electron chi connectivity index (χ4n) is 4.67. The number of nitrogens with two attached hydrogens (primary N) is 1. The number of piperidine rings is 1. The molecular formula is C23H30N4O4S2. The minimum absolute atomic E-state index is 0.0165. The van der Waals surface area contributed by atoms with Crippen molar-refractivity contribution in [1.82, 2.24) is 9.21 Å². The molecule has 33 heavy (non-hydrogen) atoms. The SMILES string of the molecule is CCC1CCCCN1S(=O)(=O)c1ccc(C(=O)Nc2sc3c(c2C(N)=O)CCN(C)C3)cc1. The highest BCUT2D eigenvalue weighted by Gasteiger charge is 2.32. The topological polar surface area (TPSA) is 113 Å². The highest BCUT2D eigenvalue weighted by Crippen LogP contribution is 2.37. The Hall–Kier alpha value is -2.27. The van der Waals surface area contributed by atoms with Crippen molar-refractivity contribution in [1.29, 1.82) is 0 Å². The summed E-state index contributed by atoms with van der Waals surface area (Å²) in [6, 6.07) is 6.00. The Bertz CT molecular complexity index is 1160. The van der Waals surface area contributed by atoms with Crippen molar-refractivity contribution in [2.75, 3.05) is 25.5 Å². The first-order valence-corrected chi connectivity index (χ1v) is 13.5. The molecule has 10 heteroatoms. The second-order valence-corrected chi connectivity index (χ2v) is 11.7. The highest BCUT2D eigenvalue weighted by molar-refractivity contribution is 7.89. The van der Waals surface area contributed by atoms with Gasteiger partial charge in [-0.25, -0.2) is 8.42 Å². The first kappa shape index (κ1) is 23.9. The normalized spacial score (nSPS) is 19.8. The average Bonchev–Trinajstić information content (AvgIpc) is 3.16. The number of carbonyl (C=O) groups is 2. The fourth-order valence-corrected chi connectivity index (χ4v) is 7.76. The summed E-state index contributed by atoms with van der Waals surface area (Å²) < 4.78 is 27.9. The van der Waals surface area contributed by atoms with Crippen molar-refractivity contribution >= 4 is 38.2 Å². The van der Waals surface area contributed by atoms with Gasteiger partial charge in [-0.15, -0.1) is 11.3 Å². The average molecular weight is 491 g/mol. The van der Waals surface area contributed by atoms with Crippen molar-refractivity contribution in [3.8, 4) is 0 Å². The quantitative estimate of drug-likeness (QED) is 0.646. The Morgan fingerprint density at radius 1 is 1.18 bits per heavy atom. The zero-order valence-electron chi connectivity index (χ0n) is 19.0. The maximum Gasteiger partial charge on any atom is 0.256 e. The van der Waals surface area contributed by atoms with E-state index in [-0.39, 0.29) is 10.9 Å². The molecule has 0 spiro atoms. The molecular weight excluding hydrogens is 460 g/mol. The van der Waals surface area contributed by atoms with Gasteiger partial charge in [0.2, 0.25) is 10.0 Å². The Balaban J connectivity index is 1.54. The van der Waals surface area contributed by atoms with Crippen LogP contribution in [-0.4, -0.2) is 55.6 Å². The number of primary amides is 1. The summed E-state index contributed by atoms with van der Waals surface area (Å²) in [6.45, 7) is 4.06. The molecule has 178 valence electrons. The van der Waals surface area contributed by atoms with Gasteiger partial charge in [-0.1, -0.05) is 13.3 Å². The number of likely N-dealkylation sites (N-methyl/N-ethyl adjacent to an activating group) is 1. The van der Waals surface area contributed by atoms with Gasteiger partial charge in [0, 0.05) is 36.1 Å². The number of fused-ring (bicyclic) bond motifs is 1. The largest absolute Gasteiger partial charge is 0.365 e. The van der Waals surface area contributed by atoms with E-state index in [0.29, 0.717) is 35.6 Å². The highest BCUT2D eigenvalue weighted by atomic mass is 32.2. The van der Waals surface area contributed by atoms with E-state index in [1.165, 1.54) is 35.6 Å². The van der Waals surface area contributed by atoms with Gasteiger partial charge in [-0.2, -0.15) is 4.31 Å². The van der Waals surface area contributed by atoms with Gasteiger partial charge in [0.1, 0.15) is 5.00 Å². The maximum absolute atomic E-state index is 13.2. The number of anilines is 1. The van der Waals surface area contributed by atoms with Gasteiger partial charge in [0.05, 0.1) is 10.5 Å². The van der Waals surface area contributed by atoms with E-state index in [1.54, 1.807) is 4.31 Å². The van der Waals surface area contributed by atoms with Gasteiger partial charge < -0.3 is 16.0 Å². The number of benzene rings is 1. The molecule has 1 aromatic carbocycles. The molecule has 1 atom stereocenters. The molecule has 0 saturated carbocycles. The maximum atomic E-state index is 13.2. The molecule has 0 aliphatic carbocycles. The molecule has 1 aromatic heterocycles. The van der Waals surface area contributed by atoms with E-state index in [0.717, 1.165) is 42.7 Å². The van der Waals surface area contributed by atoms with Crippen LogP contribution in [0.1, 0.15) is 63.8 Å². The Kier molecular flexibility index (Phi) is 6.90. The molecule has 1 saturated heterocycles. The van der Waals surface area contributed by atoms with Crippen LogP contribution in [-0.2, 0) is 23.0 Å². The summed E-state index contributed by atoms with van der Waals surface area (Å²) in [5.74, 6) is -0.960. The third-order valence-corrected chi connectivity index (χ3v) is 9.59. The summed E-state index contributed by atoms with van der Waals surface area (Å²) in [7, 11) is -1.61. The van der Waals surface area contributed by atoms with E-state index < -0.39 is 21.8 Å². The van der Waals surface area contributed by atoms with Crippen molar-refractivity contribution in [2.24, 2.45) is 5.73 Å². The molecule has 1 unspecified atom stereocenters. The second kappa shape index (κ2) is 9.54. The van der Waals surface area contributed by atoms with Crippen LogP contribution in [0.5, 0.6) is 0 Å². The van der Waals surface area contributed by atoms with Crippen LogP contribution in [0, 0.1) is 0 Å².